The SMILES string of the molecule is CCC(C(=O)NC)N(Cc1ccccc1C)C(=O)CCCN(c1ccccc1C)S(C)(=O)=O. The van der Waals surface area contributed by atoms with Gasteiger partial charge in [0.15, 0.2) is 0 Å². The fourth-order valence-electron chi connectivity index (χ4n) is 3.88. The zero-order valence-corrected chi connectivity index (χ0v) is 21.0. The van der Waals surface area contributed by atoms with E-state index in [1.807, 2.05) is 57.2 Å². The van der Waals surface area contributed by atoms with Crippen LogP contribution < -0.4 is 9.62 Å². The van der Waals surface area contributed by atoms with Crippen LogP contribution >= 0.6 is 0 Å². The fraction of sp³-hybridized carbons (Fsp3) is 0.440. The maximum atomic E-state index is 13.3. The second-order valence-electron chi connectivity index (χ2n) is 8.21. The molecule has 180 valence electrons. The normalized spacial score (nSPS) is 12.2. The number of aryl methyl sites for hydroxylation is 2. The molecule has 0 saturated heterocycles. The molecule has 2 aromatic carbocycles. The van der Waals surface area contributed by atoms with Gasteiger partial charge in [0.1, 0.15) is 6.04 Å². The number of para-hydroxylation sites is 1. The standard InChI is InChI=1S/C25H35N3O4S/c1-6-22(25(30)26-4)27(18-21-14-9-7-12-19(21)2)24(29)16-11-17-28(33(5,31)32)23-15-10-8-13-20(23)3/h7-10,12-15,22H,6,11,16-18H2,1-5H3,(H,26,30). The lowest BCUT2D eigenvalue weighted by Crippen LogP contribution is -2.48. The van der Waals surface area contributed by atoms with Gasteiger partial charge in [0.25, 0.3) is 0 Å². The van der Waals surface area contributed by atoms with Crippen LogP contribution in [0.25, 0.3) is 0 Å². The van der Waals surface area contributed by atoms with Crippen LogP contribution in [0, 0.1) is 13.8 Å². The predicted molar refractivity (Wildman–Crippen MR) is 132 cm³/mol. The van der Waals surface area contributed by atoms with Crippen LogP contribution in [0.15, 0.2) is 48.5 Å². The van der Waals surface area contributed by atoms with Crippen molar-refractivity contribution in [3.05, 3.63) is 65.2 Å². The molecule has 0 radical (unpaired) electrons. The number of rotatable bonds is 11. The summed E-state index contributed by atoms with van der Waals surface area (Å²) in [6, 6.07) is 14.5. The van der Waals surface area contributed by atoms with Gasteiger partial charge in [-0.3, -0.25) is 13.9 Å². The second kappa shape index (κ2) is 11.8. The zero-order chi connectivity index (χ0) is 24.6. The minimum atomic E-state index is -3.51. The van der Waals surface area contributed by atoms with Crippen LogP contribution in [0.4, 0.5) is 5.69 Å². The van der Waals surface area contributed by atoms with E-state index in [1.54, 1.807) is 24.1 Å². The molecular formula is C25H35N3O4S. The zero-order valence-electron chi connectivity index (χ0n) is 20.2. The van der Waals surface area contributed by atoms with Gasteiger partial charge in [-0.1, -0.05) is 49.4 Å². The van der Waals surface area contributed by atoms with Crippen molar-refractivity contribution >= 4 is 27.5 Å². The summed E-state index contributed by atoms with van der Waals surface area (Å²) in [5, 5.41) is 2.65. The van der Waals surface area contributed by atoms with E-state index in [9.17, 15) is 18.0 Å². The van der Waals surface area contributed by atoms with Gasteiger partial charge in [-0.2, -0.15) is 0 Å². The average Bonchev–Trinajstić information content (AvgIpc) is 2.77. The molecule has 1 atom stereocenters. The molecule has 0 fully saturated rings. The monoisotopic (exact) mass is 473 g/mol. The maximum Gasteiger partial charge on any atom is 0.242 e. The van der Waals surface area contributed by atoms with Crippen molar-refractivity contribution in [2.24, 2.45) is 0 Å². The highest BCUT2D eigenvalue weighted by Gasteiger charge is 2.28. The van der Waals surface area contributed by atoms with E-state index in [-0.39, 0.29) is 24.8 Å². The molecule has 0 aromatic heterocycles. The third-order valence-electron chi connectivity index (χ3n) is 5.77. The number of amides is 2. The van der Waals surface area contributed by atoms with Crippen molar-refractivity contribution < 1.29 is 18.0 Å². The van der Waals surface area contributed by atoms with Crippen LogP contribution in [-0.2, 0) is 26.2 Å². The smallest absolute Gasteiger partial charge is 0.242 e. The van der Waals surface area contributed by atoms with Gasteiger partial charge >= 0.3 is 0 Å². The Labute approximate surface area is 197 Å². The van der Waals surface area contributed by atoms with Crippen molar-refractivity contribution in [1.82, 2.24) is 10.2 Å². The van der Waals surface area contributed by atoms with Gasteiger partial charge in [0, 0.05) is 26.6 Å². The summed E-state index contributed by atoms with van der Waals surface area (Å²) < 4.78 is 26.2. The summed E-state index contributed by atoms with van der Waals surface area (Å²) in [7, 11) is -1.94. The van der Waals surface area contributed by atoms with Gasteiger partial charge in [-0.25, -0.2) is 8.42 Å². The number of sulfonamides is 1. The van der Waals surface area contributed by atoms with Gasteiger partial charge in [0.05, 0.1) is 11.9 Å². The Hall–Kier alpha value is -2.87. The summed E-state index contributed by atoms with van der Waals surface area (Å²) in [5.41, 5.74) is 3.48. The molecule has 0 bridgehead atoms. The van der Waals surface area contributed by atoms with E-state index in [4.69, 9.17) is 0 Å². The molecule has 2 rings (SSSR count). The predicted octanol–water partition coefficient (Wildman–Crippen LogP) is 3.40. The topological polar surface area (TPSA) is 86.8 Å². The van der Waals surface area contributed by atoms with Crippen molar-refractivity contribution in [2.45, 2.75) is 52.6 Å². The van der Waals surface area contributed by atoms with Crippen LogP contribution in [0.3, 0.4) is 0 Å². The van der Waals surface area contributed by atoms with E-state index in [0.717, 1.165) is 16.7 Å². The highest BCUT2D eigenvalue weighted by molar-refractivity contribution is 7.92. The second-order valence-corrected chi connectivity index (χ2v) is 10.1. The van der Waals surface area contributed by atoms with Gasteiger partial charge < -0.3 is 10.2 Å². The van der Waals surface area contributed by atoms with E-state index in [1.165, 1.54) is 10.6 Å². The number of anilines is 1. The number of carbonyl (C=O) groups excluding carboxylic acids is 2. The van der Waals surface area contributed by atoms with Crippen molar-refractivity contribution in [1.29, 1.82) is 0 Å². The lowest BCUT2D eigenvalue weighted by Gasteiger charge is -2.31. The van der Waals surface area contributed by atoms with Crippen molar-refractivity contribution in [3.63, 3.8) is 0 Å². The first-order valence-corrected chi connectivity index (χ1v) is 13.0. The Kier molecular flexibility index (Phi) is 9.46. The third kappa shape index (κ3) is 7.05. The Morgan fingerprint density at radius 1 is 1.00 bits per heavy atom. The number of carbonyl (C=O) groups is 2. The molecule has 0 aliphatic heterocycles. The number of likely N-dealkylation sites (N-methyl/N-ethyl adjacent to an activating group) is 1. The number of nitrogens with one attached hydrogen (secondary N) is 1. The molecule has 0 spiro atoms. The largest absolute Gasteiger partial charge is 0.357 e. The fourth-order valence-corrected chi connectivity index (χ4v) is 4.91. The van der Waals surface area contributed by atoms with Crippen LogP contribution in [0.2, 0.25) is 0 Å². The van der Waals surface area contributed by atoms with Crippen molar-refractivity contribution in [3.8, 4) is 0 Å². The number of hydrogen-bond acceptors (Lipinski definition) is 4. The summed E-state index contributed by atoms with van der Waals surface area (Å²) in [5.74, 6) is -0.385. The van der Waals surface area contributed by atoms with Gasteiger partial charge in [-0.05, 0) is 49.4 Å². The molecular weight excluding hydrogens is 438 g/mol. The van der Waals surface area contributed by atoms with E-state index in [2.05, 4.69) is 5.32 Å². The highest BCUT2D eigenvalue weighted by Crippen LogP contribution is 2.23. The molecule has 0 heterocycles. The first-order valence-electron chi connectivity index (χ1n) is 11.2. The van der Waals surface area contributed by atoms with Crippen LogP contribution in [-0.4, -0.2) is 51.0 Å². The number of benzene rings is 2. The Morgan fingerprint density at radius 3 is 2.15 bits per heavy atom. The molecule has 8 heteroatoms. The van der Waals surface area contributed by atoms with E-state index >= 15 is 0 Å². The van der Waals surface area contributed by atoms with Gasteiger partial charge in [-0.15, -0.1) is 0 Å². The lowest BCUT2D eigenvalue weighted by atomic mass is 10.1. The van der Waals surface area contributed by atoms with E-state index in [0.29, 0.717) is 25.1 Å². The van der Waals surface area contributed by atoms with Gasteiger partial charge in [0.2, 0.25) is 21.8 Å². The average molecular weight is 474 g/mol. The molecule has 1 unspecified atom stereocenters. The molecule has 2 amide bonds. The summed E-state index contributed by atoms with van der Waals surface area (Å²) in [6.45, 7) is 6.22. The number of hydrogen-bond donors (Lipinski definition) is 1. The quantitative estimate of drug-likeness (QED) is 0.542. The maximum absolute atomic E-state index is 13.3. The van der Waals surface area contributed by atoms with E-state index < -0.39 is 16.1 Å². The Morgan fingerprint density at radius 2 is 1.61 bits per heavy atom. The first-order chi connectivity index (χ1) is 15.6. The molecule has 7 nitrogen and oxygen atoms in total. The summed E-state index contributed by atoms with van der Waals surface area (Å²) >= 11 is 0. The number of nitrogens with zero attached hydrogens (tertiary/aromatic N) is 2. The third-order valence-corrected chi connectivity index (χ3v) is 6.95. The van der Waals surface area contributed by atoms with Crippen molar-refractivity contribution in [2.75, 3.05) is 24.2 Å². The summed E-state index contributed by atoms with van der Waals surface area (Å²) in [4.78, 5) is 27.4. The molecule has 0 aliphatic rings. The van der Waals surface area contributed by atoms with Crippen LogP contribution in [0.1, 0.15) is 42.9 Å². The highest BCUT2D eigenvalue weighted by atomic mass is 32.2. The minimum absolute atomic E-state index is 0.136. The molecule has 33 heavy (non-hydrogen) atoms. The molecule has 0 aliphatic carbocycles. The Bertz CT molecular complexity index is 1070. The molecule has 0 saturated carbocycles. The first kappa shape index (κ1) is 26.4. The lowest BCUT2D eigenvalue weighted by molar-refractivity contribution is -0.141. The minimum Gasteiger partial charge on any atom is -0.357 e. The summed E-state index contributed by atoms with van der Waals surface area (Å²) in [6.07, 6.45) is 2.13. The molecule has 2 aromatic rings. The molecule has 1 N–H and O–H groups in total. The van der Waals surface area contributed by atoms with Crippen LogP contribution in [0.5, 0.6) is 0 Å². The Balaban J connectivity index is 2.21.